The first-order valence-electron chi connectivity index (χ1n) is 9.25. The summed E-state index contributed by atoms with van der Waals surface area (Å²) in [5.41, 5.74) is 1.79. The van der Waals surface area contributed by atoms with Crippen molar-refractivity contribution in [2.75, 3.05) is 7.11 Å². The van der Waals surface area contributed by atoms with Gasteiger partial charge >= 0.3 is 6.36 Å². The molecule has 1 fully saturated rings. The highest BCUT2D eigenvalue weighted by Gasteiger charge is 2.38. The number of halogens is 3. The van der Waals surface area contributed by atoms with E-state index in [1.807, 2.05) is 18.2 Å². The summed E-state index contributed by atoms with van der Waals surface area (Å²) in [5, 5.41) is 7.12. The van der Waals surface area contributed by atoms with E-state index in [2.05, 4.69) is 41.4 Å². The third kappa shape index (κ3) is 4.77. The number of alkyl halides is 3. The number of nitrogens with one attached hydrogen (secondary N) is 2. The molecule has 0 saturated carbocycles. The maximum Gasteiger partial charge on any atom is 0.573 e. The molecule has 4 atom stereocenters. The zero-order valence-electron chi connectivity index (χ0n) is 16.1. The van der Waals surface area contributed by atoms with E-state index >= 15 is 0 Å². The normalized spacial score (nSPS) is 24.9. The molecule has 0 aliphatic carbocycles. The van der Waals surface area contributed by atoms with Crippen LogP contribution in [-0.4, -0.2) is 25.6 Å². The van der Waals surface area contributed by atoms with Gasteiger partial charge in [-0.1, -0.05) is 37.3 Å². The average Bonchev–Trinajstić information content (AvgIpc) is 2.94. The minimum Gasteiger partial charge on any atom is -0.496 e. The number of rotatable bonds is 6. The molecule has 2 aromatic rings. The summed E-state index contributed by atoms with van der Waals surface area (Å²) in [5.74, 6) is 0.603. The van der Waals surface area contributed by atoms with Crippen LogP contribution in [0.1, 0.15) is 31.0 Å². The van der Waals surface area contributed by atoms with Crippen LogP contribution in [0.5, 0.6) is 11.5 Å². The highest BCUT2D eigenvalue weighted by molar-refractivity contribution is 5.40. The lowest BCUT2D eigenvalue weighted by Gasteiger charge is -2.25. The van der Waals surface area contributed by atoms with Gasteiger partial charge in [0.25, 0.3) is 0 Å². The van der Waals surface area contributed by atoms with Crippen LogP contribution < -0.4 is 20.1 Å². The van der Waals surface area contributed by atoms with Gasteiger partial charge in [0.05, 0.1) is 7.11 Å². The molecule has 152 valence electrons. The summed E-state index contributed by atoms with van der Waals surface area (Å²) in [4.78, 5) is 0. The predicted octanol–water partition coefficient (Wildman–Crippen LogP) is 4.42. The minimum atomic E-state index is -4.73. The lowest BCUT2D eigenvalue weighted by molar-refractivity contribution is -0.274. The van der Waals surface area contributed by atoms with Crippen molar-refractivity contribution in [2.45, 2.75) is 44.9 Å². The van der Waals surface area contributed by atoms with Crippen molar-refractivity contribution in [3.63, 3.8) is 0 Å². The van der Waals surface area contributed by atoms with Gasteiger partial charge in [0, 0.05) is 30.2 Å². The molecule has 1 aliphatic rings. The monoisotopic (exact) mass is 394 g/mol. The number of hydrogen-bond acceptors (Lipinski definition) is 4. The SMILES string of the molecule is COc1ccc(OC(F)(F)F)cc1CNC1C(c2ccccc2)NC(C)C1C. The highest BCUT2D eigenvalue weighted by Crippen LogP contribution is 2.33. The smallest absolute Gasteiger partial charge is 0.496 e. The molecule has 3 rings (SSSR count). The molecule has 1 aliphatic heterocycles. The molecule has 4 unspecified atom stereocenters. The number of methoxy groups -OCH3 is 1. The fourth-order valence-electron chi connectivity index (χ4n) is 3.74. The van der Waals surface area contributed by atoms with Gasteiger partial charge in [0.1, 0.15) is 11.5 Å². The molecule has 28 heavy (non-hydrogen) atoms. The molecule has 0 aromatic heterocycles. The second kappa shape index (κ2) is 8.41. The second-order valence-corrected chi connectivity index (χ2v) is 7.13. The van der Waals surface area contributed by atoms with Crippen LogP contribution in [-0.2, 0) is 6.54 Å². The summed E-state index contributed by atoms with van der Waals surface area (Å²) in [6, 6.07) is 14.8. The summed E-state index contributed by atoms with van der Waals surface area (Å²) >= 11 is 0. The number of ether oxygens (including phenoxy) is 2. The van der Waals surface area contributed by atoms with Crippen molar-refractivity contribution in [2.24, 2.45) is 5.92 Å². The van der Waals surface area contributed by atoms with Crippen molar-refractivity contribution in [1.29, 1.82) is 0 Å². The van der Waals surface area contributed by atoms with E-state index in [0.29, 0.717) is 29.8 Å². The van der Waals surface area contributed by atoms with Gasteiger partial charge in [-0.25, -0.2) is 0 Å². The van der Waals surface area contributed by atoms with E-state index in [9.17, 15) is 13.2 Å². The highest BCUT2D eigenvalue weighted by atomic mass is 19.4. The van der Waals surface area contributed by atoms with Gasteiger partial charge in [-0.05, 0) is 36.6 Å². The molecule has 1 heterocycles. The van der Waals surface area contributed by atoms with E-state index in [4.69, 9.17) is 4.74 Å². The topological polar surface area (TPSA) is 42.5 Å². The van der Waals surface area contributed by atoms with Gasteiger partial charge in [-0.3, -0.25) is 0 Å². The Hall–Kier alpha value is -2.25. The molecule has 0 spiro atoms. The van der Waals surface area contributed by atoms with Crippen LogP contribution in [0.2, 0.25) is 0 Å². The maximum atomic E-state index is 12.5. The van der Waals surface area contributed by atoms with Crippen molar-refractivity contribution in [1.82, 2.24) is 10.6 Å². The Morgan fingerprint density at radius 3 is 2.43 bits per heavy atom. The molecule has 0 radical (unpaired) electrons. The molecule has 2 N–H and O–H groups in total. The molecular formula is C21H25F3N2O2. The van der Waals surface area contributed by atoms with Crippen molar-refractivity contribution >= 4 is 0 Å². The van der Waals surface area contributed by atoms with Gasteiger partial charge < -0.3 is 20.1 Å². The fraction of sp³-hybridized carbons (Fsp3) is 0.429. The summed E-state index contributed by atoms with van der Waals surface area (Å²) in [7, 11) is 1.50. The second-order valence-electron chi connectivity index (χ2n) is 7.13. The molecule has 1 saturated heterocycles. The van der Waals surface area contributed by atoms with Crippen molar-refractivity contribution in [3.8, 4) is 11.5 Å². The summed E-state index contributed by atoms with van der Waals surface area (Å²) < 4.78 is 47.0. The Labute approximate surface area is 163 Å². The lowest BCUT2D eigenvalue weighted by Crippen LogP contribution is -2.37. The Kier molecular flexibility index (Phi) is 6.15. The molecule has 0 amide bonds. The first-order valence-corrected chi connectivity index (χ1v) is 9.25. The third-order valence-corrected chi connectivity index (χ3v) is 5.33. The first kappa shape index (κ1) is 20.5. The molecule has 2 aromatic carbocycles. The van der Waals surface area contributed by atoms with Crippen molar-refractivity contribution in [3.05, 3.63) is 59.7 Å². The Morgan fingerprint density at radius 2 is 1.79 bits per heavy atom. The lowest BCUT2D eigenvalue weighted by atomic mass is 9.92. The van der Waals surface area contributed by atoms with Crippen LogP contribution in [0.4, 0.5) is 13.2 Å². The van der Waals surface area contributed by atoms with Gasteiger partial charge in [0.2, 0.25) is 0 Å². The van der Waals surface area contributed by atoms with Crippen LogP contribution >= 0.6 is 0 Å². The van der Waals surface area contributed by atoms with E-state index in [-0.39, 0.29) is 17.8 Å². The largest absolute Gasteiger partial charge is 0.573 e. The van der Waals surface area contributed by atoms with Crippen LogP contribution in [0.25, 0.3) is 0 Å². The Bertz CT molecular complexity index is 783. The molecular weight excluding hydrogens is 369 g/mol. The van der Waals surface area contributed by atoms with Crippen LogP contribution in [0, 0.1) is 5.92 Å². The zero-order valence-corrected chi connectivity index (χ0v) is 16.1. The Morgan fingerprint density at radius 1 is 1.07 bits per heavy atom. The third-order valence-electron chi connectivity index (χ3n) is 5.33. The standard InChI is InChI=1S/C21H25F3N2O2/c1-13-14(2)26-20(15-7-5-4-6-8-15)19(13)25-12-16-11-17(28-21(22,23)24)9-10-18(16)27-3/h4-11,13-14,19-20,25-26H,12H2,1-3H3. The van der Waals surface area contributed by atoms with Gasteiger partial charge in [0.15, 0.2) is 0 Å². The summed E-state index contributed by atoms with van der Waals surface area (Å²) in [6.45, 7) is 4.67. The zero-order chi connectivity index (χ0) is 20.3. The summed E-state index contributed by atoms with van der Waals surface area (Å²) in [6.07, 6.45) is -4.73. The predicted molar refractivity (Wildman–Crippen MR) is 101 cm³/mol. The number of hydrogen-bond donors (Lipinski definition) is 2. The quantitative estimate of drug-likeness (QED) is 0.761. The van der Waals surface area contributed by atoms with Gasteiger partial charge in [-0.2, -0.15) is 0 Å². The fourth-order valence-corrected chi connectivity index (χ4v) is 3.74. The maximum absolute atomic E-state index is 12.5. The minimum absolute atomic E-state index is 0.117. The number of benzene rings is 2. The van der Waals surface area contributed by atoms with Crippen LogP contribution in [0.3, 0.4) is 0 Å². The molecule has 7 heteroatoms. The molecule has 4 nitrogen and oxygen atoms in total. The van der Waals surface area contributed by atoms with E-state index in [0.717, 1.165) is 0 Å². The van der Waals surface area contributed by atoms with Crippen LogP contribution in [0.15, 0.2) is 48.5 Å². The Balaban J connectivity index is 1.78. The van der Waals surface area contributed by atoms with E-state index in [1.165, 1.54) is 30.9 Å². The van der Waals surface area contributed by atoms with E-state index in [1.54, 1.807) is 0 Å². The van der Waals surface area contributed by atoms with Gasteiger partial charge in [-0.15, -0.1) is 13.2 Å². The molecule has 0 bridgehead atoms. The first-order chi connectivity index (χ1) is 13.3. The van der Waals surface area contributed by atoms with E-state index < -0.39 is 6.36 Å². The average molecular weight is 394 g/mol. The van der Waals surface area contributed by atoms with Crippen molar-refractivity contribution < 1.29 is 22.6 Å².